The van der Waals surface area contributed by atoms with Crippen LogP contribution < -0.4 is 19.6 Å². The molecule has 2 aromatic heterocycles. The molecule has 2 aromatic carbocycles. The van der Waals surface area contributed by atoms with Crippen LogP contribution in [-0.4, -0.2) is 42.9 Å². The van der Waals surface area contributed by atoms with Gasteiger partial charge in [0, 0.05) is 36.4 Å². The highest BCUT2D eigenvalue weighted by atomic mass is 32.1. The molecule has 42 heavy (non-hydrogen) atoms. The quantitative estimate of drug-likeness (QED) is 0.124. The second-order valence-electron chi connectivity index (χ2n) is 9.41. The molecule has 0 bridgehead atoms. The smallest absolute Gasteiger partial charge is 0.338 e. The fourth-order valence-corrected chi connectivity index (χ4v) is 5.78. The molecule has 1 aliphatic heterocycles. The molecule has 0 saturated heterocycles. The second kappa shape index (κ2) is 12.0. The average molecular weight is 590 g/mol. The summed E-state index contributed by atoms with van der Waals surface area (Å²) in [5.41, 5.74) is 2.19. The van der Waals surface area contributed by atoms with Crippen LogP contribution in [0.5, 0.6) is 5.75 Å². The number of para-hydroxylation sites is 1. The molecule has 1 unspecified atom stereocenters. The van der Waals surface area contributed by atoms with E-state index in [2.05, 4.69) is 4.99 Å². The number of non-ortho nitro benzene ring substituents is 1. The maximum atomic E-state index is 13.9. The molecule has 216 valence electrons. The Kier molecular flexibility index (Phi) is 8.18. The van der Waals surface area contributed by atoms with Gasteiger partial charge in [-0.15, -0.1) is 0 Å². The van der Waals surface area contributed by atoms with Crippen LogP contribution in [0.4, 0.5) is 5.69 Å². The maximum Gasteiger partial charge on any atom is 0.338 e. The van der Waals surface area contributed by atoms with Crippen LogP contribution in [0.3, 0.4) is 0 Å². The van der Waals surface area contributed by atoms with Gasteiger partial charge in [0.2, 0.25) is 0 Å². The largest absolute Gasteiger partial charge is 0.496 e. The summed E-state index contributed by atoms with van der Waals surface area (Å²) in [6.45, 7) is 3.79. The molecule has 0 fully saturated rings. The van der Waals surface area contributed by atoms with Crippen molar-refractivity contribution in [3.63, 3.8) is 0 Å². The number of nitrogens with zero attached hydrogens (tertiary/aromatic N) is 3. The number of hydrogen-bond donors (Lipinski definition) is 0. The highest BCUT2D eigenvalue weighted by Gasteiger charge is 2.35. The lowest BCUT2D eigenvalue weighted by Crippen LogP contribution is -2.40. The minimum absolute atomic E-state index is 0.0417. The Morgan fingerprint density at radius 1 is 1.14 bits per heavy atom. The first kappa shape index (κ1) is 28.7. The Balaban J connectivity index is 1.62. The van der Waals surface area contributed by atoms with Gasteiger partial charge in [0.15, 0.2) is 4.80 Å². The predicted molar refractivity (Wildman–Crippen MR) is 155 cm³/mol. The number of nitro benzene ring substituents is 1. The zero-order valence-corrected chi connectivity index (χ0v) is 24.1. The Morgan fingerprint density at radius 2 is 1.93 bits per heavy atom. The van der Waals surface area contributed by atoms with Crippen molar-refractivity contribution in [2.45, 2.75) is 19.9 Å². The van der Waals surface area contributed by atoms with Crippen molar-refractivity contribution in [3.05, 3.63) is 113 Å². The Morgan fingerprint density at radius 3 is 2.67 bits per heavy atom. The zero-order chi connectivity index (χ0) is 30.0. The summed E-state index contributed by atoms with van der Waals surface area (Å²) in [6, 6.07) is 14.2. The van der Waals surface area contributed by atoms with E-state index in [4.69, 9.17) is 18.6 Å². The number of esters is 1. The Labute approximate surface area is 243 Å². The van der Waals surface area contributed by atoms with Crippen molar-refractivity contribution in [2.24, 2.45) is 4.99 Å². The van der Waals surface area contributed by atoms with Crippen molar-refractivity contribution >= 4 is 29.1 Å². The molecular weight excluding hydrogens is 562 g/mol. The fraction of sp³-hybridized carbons (Fsp3) is 0.233. The molecule has 12 heteroatoms. The van der Waals surface area contributed by atoms with Crippen LogP contribution in [0.25, 0.3) is 17.4 Å². The molecule has 0 spiro atoms. The van der Waals surface area contributed by atoms with E-state index >= 15 is 0 Å². The molecule has 1 aliphatic rings. The zero-order valence-electron chi connectivity index (χ0n) is 23.3. The van der Waals surface area contributed by atoms with E-state index in [9.17, 15) is 19.7 Å². The molecule has 5 rings (SSSR count). The van der Waals surface area contributed by atoms with Crippen molar-refractivity contribution in [1.29, 1.82) is 0 Å². The van der Waals surface area contributed by atoms with Gasteiger partial charge in [-0.3, -0.25) is 19.5 Å². The number of benzene rings is 2. The number of ether oxygens (including phenoxy) is 3. The third-order valence-electron chi connectivity index (χ3n) is 6.79. The highest BCUT2D eigenvalue weighted by Crippen LogP contribution is 2.36. The first-order chi connectivity index (χ1) is 20.2. The maximum absolute atomic E-state index is 13.9. The van der Waals surface area contributed by atoms with Crippen molar-refractivity contribution < 1.29 is 28.3 Å². The molecule has 0 saturated carbocycles. The summed E-state index contributed by atoms with van der Waals surface area (Å²) in [5.74, 6) is 0.697. The first-order valence-electron chi connectivity index (χ1n) is 12.9. The van der Waals surface area contributed by atoms with Crippen molar-refractivity contribution in [2.75, 3.05) is 27.4 Å². The van der Waals surface area contributed by atoms with E-state index in [1.54, 1.807) is 55.5 Å². The third kappa shape index (κ3) is 5.41. The number of rotatable bonds is 9. The van der Waals surface area contributed by atoms with Gasteiger partial charge in [-0.1, -0.05) is 35.6 Å². The predicted octanol–water partition coefficient (Wildman–Crippen LogP) is 3.91. The number of aryl methyl sites for hydroxylation is 1. The van der Waals surface area contributed by atoms with E-state index in [-0.39, 0.29) is 30.0 Å². The van der Waals surface area contributed by atoms with Crippen LogP contribution in [0.15, 0.2) is 80.1 Å². The SMILES string of the molecule is COCCOC(=O)C1=C(C)N=c2sc(=Cc3ccc(-c4cc([N+](=O)[O-])ccc4C)o3)c(=O)n2C1c1ccccc1OC. The van der Waals surface area contributed by atoms with Crippen LogP contribution in [0.2, 0.25) is 0 Å². The molecule has 0 radical (unpaired) electrons. The highest BCUT2D eigenvalue weighted by molar-refractivity contribution is 7.07. The minimum Gasteiger partial charge on any atom is -0.496 e. The molecule has 1 atom stereocenters. The van der Waals surface area contributed by atoms with Gasteiger partial charge in [0.05, 0.1) is 34.4 Å². The monoisotopic (exact) mass is 589 g/mol. The number of nitro groups is 1. The van der Waals surface area contributed by atoms with E-state index < -0.39 is 16.9 Å². The van der Waals surface area contributed by atoms with Crippen LogP contribution in [0.1, 0.15) is 29.9 Å². The first-order valence-corrected chi connectivity index (χ1v) is 13.7. The van der Waals surface area contributed by atoms with Crippen LogP contribution in [-0.2, 0) is 14.3 Å². The number of methoxy groups -OCH3 is 2. The van der Waals surface area contributed by atoms with Gasteiger partial charge in [-0.2, -0.15) is 0 Å². The lowest BCUT2D eigenvalue weighted by Gasteiger charge is -2.26. The summed E-state index contributed by atoms with van der Waals surface area (Å²) in [6.07, 6.45) is 1.59. The van der Waals surface area contributed by atoms with Crippen molar-refractivity contribution in [3.8, 4) is 17.1 Å². The minimum atomic E-state index is -0.853. The summed E-state index contributed by atoms with van der Waals surface area (Å²) in [7, 11) is 3.03. The molecule has 3 heterocycles. The summed E-state index contributed by atoms with van der Waals surface area (Å²) < 4.78 is 23.8. The molecule has 11 nitrogen and oxygen atoms in total. The fourth-order valence-electron chi connectivity index (χ4n) is 4.76. The van der Waals surface area contributed by atoms with E-state index in [1.165, 1.54) is 30.9 Å². The summed E-state index contributed by atoms with van der Waals surface area (Å²) in [5, 5.41) is 11.3. The van der Waals surface area contributed by atoms with Gasteiger partial charge < -0.3 is 18.6 Å². The number of carbonyl (C=O) groups is 1. The topological polar surface area (TPSA) is 135 Å². The number of hydrogen-bond acceptors (Lipinski definition) is 10. The van der Waals surface area contributed by atoms with E-state index in [0.29, 0.717) is 43.4 Å². The number of furan rings is 1. The number of allylic oxidation sites excluding steroid dienone is 1. The number of thiazole rings is 1. The van der Waals surface area contributed by atoms with Gasteiger partial charge >= 0.3 is 5.97 Å². The van der Waals surface area contributed by atoms with Crippen LogP contribution >= 0.6 is 11.3 Å². The van der Waals surface area contributed by atoms with Gasteiger partial charge in [-0.25, -0.2) is 9.79 Å². The van der Waals surface area contributed by atoms with Gasteiger partial charge in [-0.05, 0) is 37.6 Å². The van der Waals surface area contributed by atoms with Gasteiger partial charge in [0.25, 0.3) is 11.2 Å². The Hall–Kier alpha value is -4.81. The van der Waals surface area contributed by atoms with Gasteiger partial charge in [0.1, 0.15) is 29.9 Å². The third-order valence-corrected chi connectivity index (χ3v) is 7.78. The lowest BCUT2D eigenvalue weighted by atomic mass is 9.95. The number of carbonyl (C=O) groups excluding carboxylic acids is 1. The number of aromatic nitrogens is 1. The standard InChI is InChI=1S/C30H27N3O8S/c1-17-9-10-19(33(36)37)15-22(17)24-12-11-20(41-24)16-25-28(34)32-27(21-7-5-6-8-23(21)39-4)26(18(2)31-30(32)42-25)29(35)40-14-13-38-3/h5-12,15-16,27H,13-14H2,1-4H3. The Bertz CT molecular complexity index is 1900. The lowest BCUT2D eigenvalue weighted by molar-refractivity contribution is -0.384. The van der Waals surface area contributed by atoms with Crippen LogP contribution in [0, 0.1) is 17.0 Å². The van der Waals surface area contributed by atoms with E-state index in [1.807, 2.05) is 6.92 Å². The normalized spacial score (nSPS) is 14.9. The molecule has 0 amide bonds. The summed E-state index contributed by atoms with van der Waals surface area (Å²) >= 11 is 1.15. The second-order valence-corrected chi connectivity index (χ2v) is 10.4. The molecule has 0 N–H and O–H groups in total. The average Bonchev–Trinajstić information content (AvgIpc) is 3.56. The summed E-state index contributed by atoms with van der Waals surface area (Å²) in [4.78, 5) is 43.0. The molecule has 4 aromatic rings. The molecule has 0 aliphatic carbocycles. The van der Waals surface area contributed by atoms with E-state index in [0.717, 1.165) is 16.9 Å². The number of fused-ring (bicyclic) bond motifs is 1. The molecular formula is C30H27N3O8S. The van der Waals surface area contributed by atoms with Crippen molar-refractivity contribution in [1.82, 2.24) is 4.57 Å².